The van der Waals surface area contributed by atoms with Crippen LogP contribution in [0.4, 0.5) is 4.39 Å². The molecule has 0 radical (unpaired) electrons. The Hall–Kier alpha value is -1.20. The molecule has 0 saturated heterocycles. The van der Waals surface area contributed by atoms with E-state index in [1.54, 1.807) is 0 Å². The number of amides is 1. The lowest BCUT2D eigenvalue weighted by atomic mass is 9.85. The van der Waals surface area contributed by atoms with Crippen molar-refractivity contribution in [3.8, 4) is 0 Å². The Morgan fingerprint density at radius 2 is 2.26 bits per heavy atom. The SMILES string of the molecule is O=C(NC1CCCCC1CO)c1cc(F)cnc1Cl. The van der Waals surface area contributed by atoms with Gasteiger partial charge < -0.3 is 10.4 Å². The van der Waals surface area contributed by atoms with Crippen LogP contribution in [0.25, 0.3) is 0 Å². The molecule has 4 nitrogen and oxygen atoms in total. The smallest absolute Gasteiger partial charge is 0.254 e. The first kappa shape index (κ1) is 14.2. The Morgan fingerprint density at radius 1 is 1.53 bits per heavy atom. The summed E-state index contributed by atoms with van der Waals surface area (Å²) in [5.41, 5.74) is 0.0314. The van der Waals surface area contributed by atoms with Crippen LogP contribution in [-0.2, 0) is 0 Å². The maximum Gasteiger partial charge on any atom is 0.254 e. The highest BCUT2D eigenvalue weighted by Crippen LogP contribution is 2.24. The molecule has 1 saturated carbocycles. The number of hydrogen-bond acceptors (Lipinski definition) is 3. The van der Waals surface area contributed by atoms with E-state index in [9.17, 15) is 14.3 Å². The molecule has 2 atom stereocenters. The molecule has 0 aliphatic heterocycles. The summed E-state index contributed by atoms with van der Waals surface area (Å²) in [6, 6.07) is 0.979. The first-order valence-electron chi connectivity index (χ1n) is 6.34. The fourth-order valence-electron chi connectivity index (χ4n) is 2.44. The second-order valence-electron chi connectivity index (χ2n) is 4.80. The van der Waals surface area contributed by atoms with Gasteiger partial charge in [-0.25, -0.2) is 9.37 Å². The van der Waals surface area contributed by atoms with Gasteiger partial charge >= 0.3 is 0 Å². The molecule has 2 N–H and O–H groups in total. The van der Waals surface area contributed by atoms with Gasteiger partial charge in [0.1, 0.15) is 11.0 Å². The third-order valence-corrected chi connectivity index (χ3v) is 3.81. The largest absolute Gasteiger partial charge is 0.396 e. The van der Waals surface area contributed by atoms with E-state index >= 15 is 0 Å². The lowest BCUT2D eigenvalue weighted by molar-refractivity contribution is 0.0872. The number of pyridine rings is 1. The summed E-state index contributed by atoms with van der Waals surface area (Å²) >= 11 is 5.79. The van der Waals surface area contributed by atoms with Gasteiger partial charge in [0.2, 0.25) is 0 Å². The van der Waals surface area contributed by atoms with Gasteiger partial charge in [-0.2, -0.15) is 0 Å². The summed E-state index contributed by atoms with van der Waals surface area (Å²) in [6.07, 6.45) is 4.74. The fourth-order valence-corrected chi connectivity index (χ4v) is 2.63. The van der Waals surface area contributed by atoms with Gasteiger partial charge in [-0.05, 0) is 18.9 Å². The Kier molecular flexibility index (Phi) is 4.71. The molecule has 0 aromatic carbocycles. The van der Waals surface area contributed by atoms with Crippen molar-refractivity contribution >= 4 is 17.5 Å². The highest BCUT2D eigenvalue weighted by atomic mass is 35.5. The minimum absolute atomic E-state index is 0.0183. The number of aromatic nitrogens is 1. The molecule has 0 bridgehead atoms. The van der Waals surface area contributed by atoms with Gasteiger partial charge in [0.25, 0.3) is 5.91 Å². The number of aliphatic hydroxyl groups is 1. The number of nitrogens with zero attached hydrogens (tertiary/aromatic N) is 1. The highest BCUT2D eigenvalue weighted by molar-refractivity contribution is 6.32. The van der Waals surface area contributed by atoms with Crippen molar-refractivity contribution in [2.45, 2.75) is 31.7 Å². The molecular weight excluding hydrogens is 271 g/mol. The lowest BCUT2D eigenvalue weighted by Gasteiger charge is -2.30. The van der Waals surface area contributed by atoms with E-state index in [0.29, 0.717) is 0 Å². The number of carbonyl (C=O) groups is 1. The van der Waals surface area contributed by atoms with Crippen molar-refractivity contribution in [2.24, 2.45) is 5.92 Å². The summed E-state index contributed by atoms with van der Waals surface area (Å²) in [4.78, 5) is 15.7. The predicted molar refractivity (Wildman–Crippen MR) is 69.5 cm³/mol. The molecule has 1 aromatic heterocycles. The Bertz CT molecular complexity index is 470. The number of nitrogens with one attached hydrogen (secondary N) is 1. The molecule has 2 unspecified atom stereocenters. The number of carbonyl (C=O) groups excluding carboxylic acids is 1. The molecule has 0 spiro atoms. The third kappa shape index (κ3) is 3.42. The van der Waals surface area contributed by atoms with Crippen LogP contribution in [0.5, 0.6) is 0 Å². The van der Waals surface area contributed by atoms with Gasteiger partial charge in [0, 0.05) is 18.6 Å². The van der Waals surface area contributed by atoms with Crippen molar-refractivity contribution in [3.63, 3.8) is 0 Å². The summed E-state index contributed by atoms with van der Waals surface area (Å²) in [5.74, 6) is -0.989. The number of halogens is 2. The minimum Gasteiger partial charge on any atom is -0.396 e. The second kappa shape index (κ2) is 6.30. The first-order valence-corrected chi connectivity index (χ1v) is 6.72. The van der Waals surface area contributed by atoms with Crippen molar-refractivity contribution in [1.29, 1.82) is 0 Å². The van der Waals surface area contributed by atoms with Crippen molar-refractivity contribution < 1.29 is 14.3 Å². The lowest BCUT2D eigenvalue weighted by Crippen LogP contribution is -2.43. The fraction of sp³-hybridized carbons (Fsp3) is 0.538. The standard InChI is InChI=1S/C13H16ClFN2O2/c14-12-10(5-9(15)6-16-12)13(19)17-11-4-2-1-3-8(11)7-18/h5-6,8,11,18H,1-4,7H2,(H,17,19). The average Bonchev–Trinajstić information content (AvgIpc) is 2.42. The maximum atomic E-state index is 13.1. The normalized spacial score (nSPS) is 23.1. The molecule has 2 rings (SSSR count). The van der Waals surface area contributed by atoms with Crippen molar-refractivity contribution in [1.82, 2.24) is 10.3 Å². The molecule has 1 aliphatic rings. The van der Waals surface area contributed by atoms with Gasteiger partial charge in [0.05, 0.1) is 11.8 Å². The quantitative estimate of drug-likeness (QED) is 0.837. The summed E-state index contributed by atoms with van der Waals surface area (Å²) < 4.78 is 13.1. The third-order valence-electron chi connectivity index (χ3n) is 3.51. The van der Waals surface area contributed by atoms with Gasteiger partial charge in [-0.15, -0.1) is 0 Å². The van der Waals surface area contributed by atoms with E-state index in [2.05, 4.69) is 10.3 Å². The van der Waals surface area contributed by atoms with Crippen LogP contribution in [0, 0.1) is 11.7 Å². The molecule has 1 aromatic rings. The van der Waals surface area contributed by atoms with E-state index in [-0.39, 0.29) is 29.3 Å². The van der Waals surface area contributed by atoms with E-state index in [1.165, 1.54) is 0 Å². The van der Waals surface area contributed by atoms with Gasteiger partial charge in [-0.1, -0.05) is 24.4 Å². The monoisotopic (exact) mass is 286 g/mol. The van der Waals surface area contributed by atoms with E-state index in [4.69, 9.17) is 11.6 Å². The topological polar surface area (TPSA) is 62.2 Å². The van der Waals surface area contributed by atoms with Crippen LogP contribution >= 0.6 is 11.6 Å². The summed E-state index contributed by atoms with van der Waals surface area (Å²) in [5, 5.41) is 12.1. The molecule has 6 heteroatoms. The van der Waals surface area contributed by atoms with Crippen LogP contribution in [0.1, 0.15) is 36.0 Å². The Labute approximate surface area is 116 Å². The van der Waals surface area contributed by atoms with Crippen LogP contribution in [-0.4, -0.2) is 28.6 Å². The number of rotatable bonds is 3. The zero-order valence-corrected chi connectivity index (χ0v) is 11.2. The Balaban J connectivity index is 2.09. The molecular formula is C13H16ClFN2O2. The summed E-state index contributed by atoms with van der Waals surface area (Å²) in [6.45, 7) is 0.0417. The van der Waals surface area contributed by atoms with Crippen molar-refractivity contribution in [3.05, 3.63) is 28.8 Å². The molecule has 19 heavy (non-hydrogen) atoms. The van der Waals surface area contributed by atoms with E-state index in [1.807, 2.05) is 0 Å². The Morgan fingerprint density at radius 3 is 3.00 bits per heavy atom. The maximum absolute atomic E-state index is 13.1. The van der Waals surface area contributed by atoms with Crippen LogP contribution in [0.3, 0.4) is 0 Å². The molecule has 1 aliphatic carbocycles. The van der Waals surface area contributed by atoms with Crippen LogP contribution < -0.4 is 5.32 Å². The molecule has 1 fully saturated rings. The zero-order valence-electron chi connectivity index (χ0n) is 10.4. The first-order chi connectivity index (χ1) is 9.11. The van der Waals surface area contributed by atoms with E-state index < -0.39 is 11.7 Å². The molecule has 104 valence electrons. The molecule has 1 heterocycles. The number of hydrogen-bond donors (Lipinski definition) is 2. The van der Waals surface area contributed by atoms with E-state index in [0.717, 1.165) is 37.9 Å². The summed E-state index contributed by atoms with van der Waals surface area (Å²) in [7, 11) is 0. The predicted octanol–water partition coefficient (Wildman–Crippen LogP) is 2.16. The van der Waals surface area contributed by atoms with Crippen molar-refractivity contribution in [2.75, 3.05) is 6.61 Å². The highest BCUT2D eigenvalue weighted by Gasteiger charge is 2.27. The second-order valence-corrected chi connectivity index (χ2v) is 5.16. The van der Waals surface area contributed by atoms with Gasteiger partial charge in [-0.3, -0.25) is 4.79 Å². The average molecular weight is 287 g/mol. The molecule has 1 amide bonds. The number of aliphatic hydroxyl groups excluding tert-OH is 1. The van der Waals surface area contributed by atoms with Gasteiger partial charge in [0.15, 0.2) is 0 Å². The van der Waals surface area contributed by atoms with Crippen LogP contribution in [0.2, 0.25) is 5.15 Å². The van der Waals surface area contributed by atoms with Crippen LogP contribution in [0.15, 0.2) is 12.3 Å². The zero-order chi connectivity index (χ0) is 13.8. The minimum atomic E-state index is -0.600.